The van der Waals surface area contributed by atoms with Crippen molar-refractivity contribution >= 4 is 16.7 Å². The maximum atomic E-state index is 13.1. The lowest BCUT2D eigenvalue weighted by Crippen LogP contribution is -2.27. The van der Waals surface area contributed by atoms with Crippen LogP contribution in [0.3, 0.4) is 0 Å². The van der Waals surface area contributed by atoms with Gasteiger partial charge in [0.1, 0.15) is 11.6 Å². The summed E-state index contributed by atoms with van der Waals surface area (Å²) < 4.78 is 40.5. The number of aromatic nitrogens is 4. The number of aromatic amines is 1. The number of nitrogens with zero attached hydrogens (tertiary/aromatic N) is 4. The van der Waals surface area contributed by atoms with E-state index >= 15 is 0 Å². The van der Waals surface area contributed by atoms with Crippen LogP contribution in [0.15, 0.2) is 29.2 Å². The number of halogens is 3. The number of hydrogen-bond donors (Lipinski definition) is 1. The van der Waals surface area contributed by atoms with Crippen LogP contribution in [0.1, 0.15) is 17.1 Å². The van der Waals surface area contributed by atoms with E-state index in [9.17, 15) is 18.0 Å². The molecule has 25 heavy (non-hydrogen) atoms. The summed E-state index contributed by atoms with van der Waals surface area (Å²) in [4.78, 5) is 25.1. The van der Waals surface area contributed by atoms with Crippen molar-refractivity contribution in [1.82, 2.24) is 19.5 Å². The molecule has 0 radical (unpaired) electrons. The van der Waals surface area contributed by atoms with Crippen LogP contribution in [0.2, 0.25) is 0 Å². The number of nitrogens with one attached hydrogen (secondary N) is 1. The summed E-state index contributed by atoms with van der Waals surface area (Å²) >= 11 is 0. The van der Waals surface area contributed by atoms with E-state index < -0.39 is 17.4 Å². The number of hydrogen-bond acceptors (Lipinski definition) is 4. The topological polar surface area (TPSA) is 66.8 Å². The van der Waals surface area contributed by atoms with Gasteiger partial charge in [-0.05, 0) is 25.1 Å². The third-order valence-corrected chi connectivity index (χ3v) is 3.80. The van der Waals surface area contributed by atoms with Crippen LogP contribution >= 0.6 is 0 Å². The Morgan fingerprint density at radius 3 is 2.56 bits per heavy atom. The fourth-order valence-electron chi connectivity index (χ4n) is 2.65. The zero-order valence-corrected chi connectivity index (χ0v) is 13.8. The second-order valence-corrected chi connectivity index (χ2v) is 5.92. The Morgan fingerprint density at radius 1 is 1.28 bits per heavy atom. The van der Waals surface area contributed by atoms with Gasteiger partial charge in [-0.3, -0.25) is 4.57 Å². The molecule has 6 nitrogen and oxygen atoms in total. The Hall–Kier alpha value is -2.84. The first-order chi connectivity index (χ1) is 11.7. The lowest BCUT2D eigenvalue weighted by molar-refractivity contribution is -0.137. The molecule has 3 rings (SSSR count). The van der Waals surface area contributed by atoms with E-state index in [1.165, 1.54) is 10.6 Å². The lowest BCUT2D eigenvalue weighted by Gasteiger charge is -2.18. The second kappa shape index (κ2) is 5.91. The Morgan fingerprint density at radius 2 is 2.00 bits per heavy atom. The maximum Gasteiger partial charge on any atom is 0.416 e. The zero-order valence-electron chi connectivity index (χ0n) is 13.8. The van der Waals surface area contributed by atoms with Gasteiger partial charge in [0.15, 0.2) is 0 Å². The number of anilines is 1. The van der Waals surface area contributed by atoms with E-state index in [4.69, 9.17) is 0 Å². The van der Waals surface area contributed by atoms with Crippen molar-refractivity contribution in [2.24, 2.45) is 0 Å². The molecule has 0 bridgehead atoms. The van der Waals surface area contributed by atoms with E-state index in [0.29, 0.717) is 22.7 Å². The lowest BCUT2D eigenvalue weighted by atomic mass is 10.1. The molecule has 0 atom stereocenters. The molecule has 0 amide bonds. The Bertz CT molecular complexity index is 988. The van der Waals surface area contributed by atoms with Crippen LogP contribution in [-0.2, 0) is 12.7 Å². The van der Waals surface area contributed by atoms with Gasteiger partial charge in [-0.1, -0.05) is 0 Å². The third kappa shape index (κ3) is 3.21. The average Bonchev–Trinajstić information content (AvgIpc) is 2.93. The molecule has 3 aromatic rings. The van der Waals surface area contributed by atoms with Gasteiger partial charge < -0.3 is 9.88 Å². The van der Waals surface area contributed by atoms with Gasteiger partial charge in [-0.15, -0.1) is 0 Å². The SMILES string of the molecule is Cc1ncc(Cn2c(=O)nc(N(C)C)c3ccc(C(F)(F)F)cc32)[nH]1. The summed E-state index contributed by atoms with van der Waals surface area (Å²) in [6, 6.07) is 3.31. The number of rotatable bonds is 3. The van der Waals surface area contributed by atoms with Crippen LogP contribution in [0.5, 0.6) is 0 Å². The smallest absolute Gasteiger partial charge is 0.362 e. The van der Waals surface area contributed by atoms with E-state index in [1.54, 1.807) is 32.1 Å². The molecular weight excluding hydrogens is 335 g/mol. The molecule has 2 heterocycles. The van der Waals surface area contributed by atoms with Crippen molar-refractivity contribution < 1.29 is 13.2 Å². The highest BCUT2D eigenvalue weighted by Gasteiger charge is 2.31. The number of fused-ring (bicyclic) bond motifs is 1. The molecular formula is C16H16F3N5O. The van der Waals surface area contributed by atoms with Crippen molar-refractivity contribution in [3.63, 3.8) is 0 Å². The molecule has 0 aliphatic carbocycles. The minimum Gasteiger partial charge on any atom is -0.362 e. The first-order valence-electron chi connectivity index (χ1n) is 7.46. The molecule has 1 N–H and O–H groups in total. The predicted octanol–water partition coefficient (Wildman–Crippen LogP) is 2.56. The van der Waals surface area contributed by atoms with E-state index in [1.807, 2.05) is 0 Å². The predicted molar refractivity (Wildman–Crippen MR) is 87.8 cm³/mol. The van der Waals surface area contributed by atoms with Crippen LogP contribution in [0.25, 0.3) is 10.9 Å². The average molecular weight is 351 g/mol. The van der Waals surface area contributed by atoms with Gasteiger partial charge in [0.25, 0.3) is 0 Å². The normalized spacial score (nSPS) is 11.9. The monoisotopic (exact) mass is 351 g/mol. The number of benzene rings is 1. The molecule has 0 aliphatic heterocycles. The van der Waals surface area contributed by atoms with Crippen molar-refractivity contribution in [1.29, 1.82) is 0 Å². The second-order valence-electron chi connectivity index (χ2n) is 5.92. The van der Waals surface area contributed by atoms with Crippen molar-refractivity contribution in [3.8, 4) is 0 Å². The summed E-state index contributed by atoms with van der Waals surface area (Å²) in [6.07, 6.45) is -2.96. The summed E-state index contributed by atoms with van der Waals surface area (Å²) in [5.41, 5.74) is -0.656. The fourth-order valence-corrected chi connectivity index (χ4v) is 2.65. The number of imidazole rings is 1. The van der Waals surface area contributed by atoms with Crippen LogP contribution in [0, 0.1) is 6.92 Å². The minimum atomic E-state index is -4.50. The molecule has 2 aromatic heterocycles. The molecule has 0 unspecified atom stereocenters. The quantitative estimate of drug-likeness (QED) is 0.788. The van der Waals surface area contributed by atoms with Gasteiger partial charge >= 0.3 is 11.9 Å². The molecule has 1 aromatic carbocycles. The van der Waals surface area contributed by atoms with Crippen LogP contribution in [-0.4, -0.2) is 33.6 Å². The largest absolute Gasteiger partial charge is 0.416 e. The standard InChI is InChI=1S/C16H16F3N5O/c1-9-20-7-11(21-9)8-24-13-6-10(16(17,18)19)4-5-12(13)14(23(2)3)22-15(24)25/h4-7H,8H2,1-3H3,(H,20,21). The van der Waals surface area contributed by atoms with Crippen molar-refractivity contribution in [2.45, 2.75) is 19.6 Å². The van der Waals surface area contributed by atoms with E-state index in [2.05, 4.69) is 15.0 Å². The van der Waals surface area contributed by atoms with Gasteiger partial charge in [-0.2, -0.15) is 18.2 Å². The summed E-state index contributed by atoms with van der Waals surface area (Å²) in [5.74, 6) is 0.979. The van der Waals surface area contributed by atoms with E-state index in [0.717, 1.165) is 12.1 Å². The molecule has 0 saturated heterocycles. The first kappa shape index (κ1) is 17.0. The highest BCUT2D eigenvalue weighted by molar-refractivity contribution is 5.90. The third-order valence-electron chi connectivity index (χ3n) is 3.80. The van der Waals surface area contributed by atoms with Gasteiger partial charge in [0.05, 0.1) is 29.5 Å². The molecule has 0 aliphatic rings. The summed E-state index contributed by atoms with van der Waals surface area (Å²) in [5, 5.41) is 0.467. The number of aryl methyl sites for hydroxylation is 1. The molecule has 132 valence electrons. The Labute approximate surface area is 140 Å². The fraction of sp³-hybridized carbons (Fsp3) is 0.312. The van der Waals surface area contributed by atoms with Crippen LogP contribution in [0.4, 0.5) is 19.0 Å². The van der Waals surface area contributed by atoms with Gasteiger partial charge in [0.2, 0.25) is 0 Å². The number of alkyl halides is 3. The zero-order chi connectivity index (χ0) is 18.4. The molecule has 0 fully saturated rings. The highest BCUT2D eigenvalue weighted by atomic mass is 19.4. The van der Waals surface area contributed by atoms with Gasteiger partial charge in [0, 0.05) is 19.5 Å². The summed E-state index contributed by atoms with van der Waals surface area (Å²) in [7, 11) is 3.36. The van der Waals surface area contributed by atoms with Gasteiger partial charge in [-0.25, -0.2) is 9.78 Å². The first-order valence-corrected chi connectivity index (χ1v) is 7.46. The Balaban J connectivity index is 2.28. The van der Waals surface area contributed by atoms with Crippen molar-refractivity contribution in [2.75, 3.05) is 19.0 Å². The van der Waals surface area contributed by atoms with Crippen LogP contribution < -0.4 is 10.6 Å². The molecule has 0 saturated carbocycles. The molecule has 9 heteroatoms. The van der Waals surface area contributed by atoms with E-state index in [-0.39, 0.29) is 12.1 Å². The molecule has 0 spiro atoms. The Kier molecular flexibility index (Phi) is 4.02. The summed E-state index contributed by atoms with van der Waals surface area (Å²) in [6.45, 7) is 1.80. The number of H-pyrrole nitrogens is 1. The highest BCUT2D eigenvalue weighted by Crippen LogP contribution is 2.32. The maximum absolute atomic E-state index is 13.1. The van der Waals surface area contributed by atoms with Crippen molar-refractivity contribution in [3.05, 3.63) is 52.0 Å². The minimum absolute atomic E-state index is 0.0538.